The maximum atomic E-state index is 3.41. The first-order valence-electron chi connectivity index (χ1n) is 5.13. The van der Waals surface area contributed by atoms with Crippen molar-refractivity contribution in [3.8, 4) is 0 Å². The first-order valence-corrected chi connectivity index (χ1v) is 5.13. The fraction of sp³-hybridized carbons (Fsp3) is 0.500. The Morgan fingerprint density at radius 1 is 1.31 bits per heavy atom. The van der Waals surface area contributed by atoms with Crippen LogP contribution in [0.5, 0.6) is 0 Å². The number of fused-ring (bicyclic) bond motifs is 1. The lowest BCUT2D eigenvalue weighted by Crippen LogP contribution is -2.23. The van der Waals surface area contributed by atoms with E-state index in [2.05, 4.69) is 31.3 Å². The van der Waals surface area contributed by atoms with E-state index in [9.17, 15) is 0 Å². The Hall–Kier alpha value is -0.820. The van der Waals surface area contributed by atoms with Crippen molar-refractivity contribution < 1.29 is 0 Å². The fourth-order valence-corrected chi connectivity index (χ4v) is 2.09. The van der Waals surface area contributed by atoms with E-state index < -0.39 is 0 Å². The molecule has 1 N–H and O–H groups in total. The predicted molar refractivity (Wildman–Crippen MR) is 56.0 cm³/mol. The zero-order valence-corrected chi connectivity index (χ0v) is 8.48. The highest BCUT2D eigenvalue weighted by molar-refractivity contribution is 5.39. The Morgan fingerprint density at radius 3 is 2.92 bits per heavy atom. The van der Waals surface area contributed by atoms with Crippen LogP contribution >= 0.6 is 0 Å². The van der Waals surface area contributed by atoms with Gasteiger partial charge in [-0.2, -0.15) is 0 Å². The van der Waals surface area contributed by atoms with Crippen LogP contribution in [0.1, 0.15) is 29.2 Å². The monoisotopic (exact) mass is 175 g/mol. The van der Waals surface area contributed by atoms with Crippen molar-refractivity contribution in [3.05, 3.63) is 34.4 Å². The van der Waals surface area contributed by atoms with Gasteiger partial charge in [0.2, 0.25) is 0 Å². The van der Waals surface area contributed by atoms with Gasteiger partial charge < -0.3 is 5.32 Å². The summed E-state index contributed by atoms with van der Waals surface area (Å²) in [5.74, 6) is 0. The number of benzene rings is 1. The van der Waals surface area contributed by atoms with Gasteiger partial charge in [-0.15, -0.1) is 0 Å². The number of hydrogen-bond acceptors (Lipinski definition) is 1. The molecule has 0 spiro atoms. The molecule has 0 atom stereocenters. The van der Waals surface area contributed by atoms with Crippen molar-refractivity contribution in [2.24, 2.45) is 0 Å². The molecular weight excluding hydrogens is 158 g/mol. The Morgan fingerprint density at radius 2 is 2.15 bits per heavy atom. The molecule has 0 radical (unpaired) electrons. The molecule has 0 saturated carbocycles. The molecule has 2 rings (SSSR count). The SMILES string of the molecule is CCc1cc2c(cc1C)CCNC2. The Balaban J connectivity index is 2.44. The minimum atomic E-state index is 1.06. The van der Waals surface area contributed by atoms with Gasteiger partial charge in [0.05, 0.1) is 0 Å². The highest BCUT2D eigenvalue weighted by Gasteiger charge is 2.09. The molecule has 1 aliphatic rings. The maximum Gasteiger partial charge on any atom is 0.0208 e. The lowest BCUT2D eigenvalue weighted by molar-refractivity contribution is 0.642. The van der Waals surface area contributed by atoms with Crippen LogP contribution in [0.2, 0.25) is 0 Å². The maximum absolute atomic E-state index is 3.41. The van der Waals surface area contributed by atoms with Crippen molar-refractivity contribution in [3.63, 3.8) is 0 Å². The Bertz CT molecular complexity index is 315. The van der Waals surface area contributed by atoms with E-state index in [0.29, 0.717) is 0 Å². The van der Waals surface area contributed by atoms with Crippen molar-refractivity contribution in [1.82, 2.24) is 5.32 Å². The fourth-order valence-electron chi connectivity index (χ4n) is 2.09. The third kappa shape index (κ3) is 1.61. The smallest absolute Gasteiger partial charge is 0.0208 e. The molecule has 0 saturated heterocycles. The lowest BCUT2D eigenvalue weighted by atomic mass is 9.94. The summed E-state index contributed by atoms with van der Waals surface area (Å²) in [6, 6.07) is 4.74. The lowest BCUT2D eigenvalue weighted by Gasteiger charge is -2.19. The van der Waals surface area contributed by atoms with Crippen LogP contribution < -0.4 is 5.32 Å². The topological polar surface area (TPSA) is 12.0 Å². The molecule has 1 nitrogen and oxygen atoms in total. The van der Waals surface area contributed by atoms with Crippen LogP contribution in [-0.4, -0.2) is 6.54 Å². The quantitative estimate of drug-likeness (QED) is 0.690. The highest BCUT2D eigenvalue weighted by Crippen LogP contribution is 2.19. The first-order chi connectivity index (χ1) is 6.31. The Labute approximate surface area is 80.2 Å². The molecule has 1 aliphatic heterocycles. The molecule has 1 aromatic rings. The average molecular weight is 175 g/mol. The second-order valence-electron chi connectivity index (χ2n) is 3.83. The van der Waals surface area contributed by atoms with Crippen LogP contribution in [0, 0.1) is 6.92 Å². The summed E-state index contributed by atoms with van der Waals surface area (Å²) in [5.41, 5.74) is 6.02. The molecule has 0 amide bonds. The van der Waals surface area contributed by atoms with Gasteiger partial charge in [0, 0.05) is 6.54 Å². The molecule has 0 unspecified atom stereocenters. The van der Waals surface area contributed by atoms with Gasteiger partial charge >= 0.3 is 0 Å². The number of rotatable bonds is 1. The predicted octanol–water partition coefficient (Wildman–Crippen LogP) is 2.20. The minimum Gasteiger partial charge on any atom is -0.312 e. The van der Waals surface area contributed by atoms with Gasteiger partial charge in [-0.3, -0.25) is 0 Å². The van der Waals surface area contributed by atoms with E-state index in [1.807, 2.05) is 0 Å². The zero-order valence-electron chi connectivity index (χ0n) is 8.48. The summed E-state index contributed by atoms with van der Waals surface area (Å²) in [4.78, 5) is 0. The van der Waals surface area contributed by atoms with E-state index in [1.165, 1.54) is 23.1 Å². The van der Waals surface area contributed by atoms with Crippen LogP contribution in [0.15, 0.2) is 12.1 Å². The average Bonchev–Trinajstić information content (AvgIpc) is 2.17. The summed E-state index contributed by atoms with van der Waals surface area (Å²) in [6.07, 6.45) is 2.35. The van der Waals surface area contributed by atoms with Gasteiger partial charge in [0.25, 0.3) is 0 Å². The van der Waals surface area contributed by atoms with E-state index in [1.54, 1.807) is 5.56 Å². The Kier molecular flexibility index (Phi) is 2.36. The third-order valence-corrected chi connectivity index (χ3v) is 2.93. The van der Waals surface area contributed by atoms with Crippen LogP contribution in [-0.2, 0) is 19.4 Å². The number of nitrogens with one attached hydrogen (secondary N) is 1. The molecule has 0 bridgehead atoms. The first kappa shape index (κ1) is 8.76. The second kappa shape index (κ2) is 3.51. The summed E-state index contributed by atoms with van der Waals surface area (Å²) in [5, 5.41) is 3.41. The largest absolute Gasteiger partial charge is 0.312 e. The van der Waals surface area contributed by atoms with Crippen molar-refractivity contribution in [2.45, 2.75) is 33.2 Å². The van der Waals surface area contributed by atoms with Gasteiger partial charge in [-0.05, 0) is 48.6 Å². The molecule has 13 heavy (non-hydrogen) atoms. The molecular formula is C12H17N. The molecule has 1 aromatic carbocycles. The summed E-state index contributed by atoms with van der Waals surface area (Å²) < 4.78 is 0. The number of aryl methyl sites for hydroxylation is 2. The van der Waals surface area contributed by atoms with E-state index in [-0.39, 0.29) is 0 Å². The standard InChI is InChI=1S/C12H17N/c1-3-10-7-12-8-13-5-4-11(12)6-9(10)2/h6-7,13H,3-5,8H2,1-2H3. The van der Waals surface area contributed by atoms with E-state index >= 15 is 0 Å². The summed E-state index contributed by atoms with van der Waals surface area (Å²) in [7, 11) is 0. The molecule has 0 aromatic heterocycles. The van der Waals surface area contributed by atoms with Crippen molar-refractivity contribution in [1.29, 1.82) is 0 Å². The van der Waals surface area contributed by atoms with E-state index in [4.69, 9.17) is 0 Å². The van der Waals surface area contributed by atoms with Gasteiger partial charge in [0.1, 0.15) is 0 Å². The third-order valence-electron chi connectivity index (χ3n) is 2.93. The number of hydrogen-bond donors (Lipinski definition) is 1. The van der Waals surface area contributed by atoms with Gasteiger partial charge in [0.15, 0.2) is 0 Å². The second-order valence-corrected chi connectivity index (χ2v) is 3.83. The van der Waals surface area contributed by atoms with E-state index in [0.717, 1.165) is 19.5 Å². The van der Waals surface area contributed by atoms with Gasteiger partial charge in [-0.25, -0.2) is 0 Å². The van der Waals surface area contributed by atoms with Crippen LogP contribution in [0.3, 0.4) is 0 Å². The molecule has 0 aliphatic carbocycles. The zero-order chi connectivity index (χ0) is 9.26. The van der Waals surface area contributed by atoms with Crippen LogP contribution in [0.25, 0.3) is 0 Å². The molecule has 70 valence electrons. The molecule has 0 fully saturated rings. The summed E-state index contributed by atoms with van der Waals surface area (Å²) >= 11 is 0. The van der Waals surface area contributed by atoms with Crippen molar-refractivity contribution >= 4 is 0 Å². The molecule has 1 heteroatoms. The minimum absolute atomic E-state index is 1.06. The van der Waals surface area contributed by atoms with Gasteiger partial charge in [-0.1, -0.05) is 19.1 Å². The summed E-state index contributed by atoms with van der Waals surface area (Å²) in [6.45, 7) is 6.65. The highest BCUT2D eigenvalue weighted by atomic mass is 14.9. The van der Waals surface area contributed by atoms with Crippen molar-refractivity contribution in [2.75, 3.05) is 6.54 Å². The molecule has 1 heterocycles. The normalized spacial score (nSPS) is 15.5. The van der Waals surface area contributed by atoms with Crippen LogP contribution in [0.4, 0.5) is 0 Å².